The molecule has 7 heteroatoms. The lowest BCUT2D eigenvalue weighted by atomic mass is 9.99. The molecule has 0 aromatic heterocycles. The number of benzene rings is 1. The van der Waals surface area contributed by atoms with Crippen molar-refractivity contribution < 1.29 is 14.4 Å². The van der Waals surface area contributed by atoms with Gasteiger partial charge in [0.1, 0.15) is 6.04 Å². The van der Waals surface area contributed by atoms with Crippen LogP contribution in [0.15, 0.2) is 18.2 Å². The highest BCUT2D eigenvalue weighted by Crippen LogP contribution is 2.28. The summed E-state index contributed by atoms with van der Waals surface area (Å²) in [5.41, 5.74) is 2.71. The van der Waals surface area contributed by atoms with Gasteiger partial charge in [-0.25, -0.2) is 0 Å². The lowest BCUT2D eigenvalue weighted by molar-refractivity contribution is -0.136. The Morgan fingerprint density at radius 1 is 1.19 bits per heavy atom. The van der Waals surface area contributed by atoms with Crippen LogP contribution in [0.5, 0.6) is 0 Å². The van der Waals surface area contributed by atoms with Crippen LogP contribution < -0.4 is 16.0 Å². The lowest BCUT2D eigenvalue weighted by Gasteiger charge is -2.29. The third kappa shape index (κ3) is 3.89. The van der Waals surface area contributed by atoms with Gasteiger partial charge >= 0.3 is 0 Å². The summed E-state index contributed by atoms with van der Waals surface area (Å²) < 4.78 is 0. The van der Waals surface area contributed by atoms with Crippen LogP contribution in [-0.2, 0) is 22.7 Å². The molecule has 3 aliphatic rings. The molecule has 27 heavy (non-hydrogen) atoms. The number of imide groups is 1. The second-order valence-corrected chi connectivity index (χ2v) is 7.73. The largest absolute Gasteiger partial charge is 0.322 e. The minimum Gasteiger partial charge on any atom is -0.322 e. The normalized spacial score (nSPS) is 25.5. The fourth-order valence-corrected chi connectivity index (χ4v) is 4.23. The monoisotopic (exact) mass is 370 g/mol. The van der Waals surface area contributed by atoms with Gasteiger partial charge in [-0.1, -0.05) is 12.1 Å². The minimum atomic E-state index is -0.553. The van der Waals surface area contributed by atoms with E-state index in [-0.39, 0.29) is 24.1 Å². The average Bonchev–Trinajstić information content (AvgIpc) is 2.99. The van der Waals surface area contributed by atoms with Crippen molar-refractivity contribution in [1.29, 1.82) is 0 Å². The van der Waals surface area contributed by atoms with Gasteiger partial charge in [-0.3, -0.25) is 19.7 Å². The Hall–Kier alpha value is -2.25. The van der Waals surface area contributed by atoms with Crippen LogP contribution in [0.2, 0.25) is 0 Å². The van der Waals surface area contributed by atoms with Gasteiger partial charge in [0.05, 0.1) is 0 Å². The van der Waals surface area contributed by atoms with E-state index >= 15 is 0 Å². The van der Waals surface area contributed by atoms with Crippen molar-refractivity contribution in [2.75, 3.05) is 19.6 Å². The highest BCUT2D eigenvalue weighted by atomic mass is 16.2. The van der Waals surface area contributed by atoms with Crippen molar-refractivity contribution in [1.82, 2.24) is 20.9 Å². The molecule has 1 aromatic rings. The molecule has 3 amide bonds. The van der Waals surface area contributed by atoms with Crippen LogP contribution >= 0.6 is 0 Å². The zero-order valence-electron chi connectivity index (χ0n) is 15.4. The molecule has 2 fully saturated rings. The Bertz CT molecular complexity index is 758. The topological polar surface area (TPSA) is 90.5 Å². The Morgan fingerprint density at radius 3 is 2.85 bits per heavy atom. The first-order valence-corrected chi connectivity index (χ1v) is 9.79. The van der Waals surface area contributed by atoms with Crippen LogP contribution in [0.1, 0.15) is 47.2 Å². The molecule has 3 aliphatic heterocycles. The quantitative estimate of drug-likeness (QED) is 0.658. The maximum absolute atomic E-state index is 12.8. The smallest absolute Gasteiger partial charge is 0.255 e. The molecule has 3 N–H and O–H groups in total. The Morgan fingerprint density at radius 2 is 2.07 bits per heavy atom. The number of amides is 3. The molecule has 4 rings (SSSR count). The molecule has 0 saturated carbocycles. The number of fused-ring (bicyclic) bond motifs is 1. The molecule has 1 aromatic carbocycles. The van der Waals surface area contributed by atoms with E-state index in [1.165, 1.54) is 12.8 Å². The minimum absolute atomic E-state index is 0.113. The van der Waals surface area contributed by atoms with Crippen molar-refractivity contribution in [2.24, 2.45) is 5.92 Å². The van der Waals surface area contributed by atoms with Crippen molar-refractivity contribution in [2.45, 2.75) is 44.8 Å². The van der Waals surface area contributed by atoms with E-state index in [0.717, 1.165) is 37.3 Å². The fraction of sp³-hybridized carbons (Fsp3) is 0.550. The van der Waals surface area contributed by atoms with Gasteiger partial charge in [-0.15, -0.1) is 0 Å². The number of nitrogens with one attached hydrogen (secondary N) is 3. The number of hydrogen-bond donors (Lipinski definition) is 3. The van der Waals surface area contributed by atoms with E-state index in [1.807, 2.05) is 18.2 Å². The van der Waals surface area contributed by atoms with Crippen LogP contribution in [0.3, 0.4) is 0 Å². The Balaban J connectivity index is 1.37. The fourth-order valence-electron chi connectivity index (χ4n) is 4.23. The third-order valence-corrected chi connectivity index (χ3v) is 5.75. The molecular weight excluding hydrogens is 344 g/mol. The van der Waals surface area contributed by atoms with E-state index in [1.54, 1.807) is 4.90 Å². The van der Waals surface area contributed by atoms with E-state index in [2.05, 4.69) is 16.0 Å². The van der Waals surface area contributed by atoms with Crippen molar-refractivity contribution >= 4 is 17.7 Å². The standard InChI is InChI=1S/C20H26N4O3/c25-18-6-5-17(19(26)23-18)24-12-15-4-3-13(8-16(15)20(24)27)9-22-11-14-2-1-7-21-10-14/h3-4,8,14,17,21-22H,1-2,5-7,9-12H2,(H,23,25,26). The first-order valence-electron chi connectivity index (χ1n) is 9.79. The molecule has 3 heterocycles. The lowest BCUT2D eigenvalue weighted by Crippen LogP contribution is -2.52. The molecule has 144 valence electrons. The zero-order valence-corrected chi connectivity index (χ0v) is 15.4. The second kappa shape index (κ2) is 7.78. The van der Waals surface area contributed by atoms with Gasteiger partial charge in [0.15, 0.2) is 0 Å². The van der Waals surface area contributed by atoms with Crippen LogP contribution in [0.25, 0.3) is 0 Å². The Labute approximate surface area is 158 Å². The molecule has 0 bridgehead atoms. The van der Waals surface area contributed by atoms with Crippen LogP contribution in [0.4, 0.5) is 0 Å². The summed E-state index contributed by atoms with van der Waals surface area (Å²) in [5.74, 6) is -0.0759. The average molecular weight is 370 g/mol. The van der Waals surface area contributed by atoms with Gasteiger partial charge in [0.2, 0.25) is 11.8 Å². The molecule has 0 aliphatic carbocycles. The number of nitrogens with zero attached hydrogens (tertiary/aromatic N) is 1. The summed E-state index contributed by atoms with van der Waals surface area (Å²) in [4.78, 5) is 37.9. The first kappa shape index (κ1) is 18.1. The summed E-state index contributed by atoms with van der Waals surface area (Å²) in [6.45, 7) is 4.32. The predicted octanol–water partition coefficient (Wildman–Crippen LogP) is 0.537. The van der Waals surface area contributed by atoms with Crippen molar-refractivity contribution in [3.8, 4) is 0 Å². The van der Waals surface area contributed by atoms with E-state index in [4.69, 9.17) is 0 Å². The highest BCUT2D eigenvalue weighted by Gasteiger charge is 2.39. The molecule has 2 saturated heterocycles. The van der Waals surface area contributed by atoms with E-state index in [0.29, 0.717) is 24.4 Å². The number of rotatable bonds is 5. The van der Waals surface area contributed by atoms with Crippen LogP contribution in [0, 0.1) is 5.92 Å². The summed E-state index contributed by atoms with van der Waals surface area (Å²) in [5, 5.41) is 9.26. The molecule has 2 unspecified atom stereocenters. The number of carbonyl (C=O) groups is 3. The Kier molecular flexibility index (Phi) is 5.22. The van der Waals surface area contributed by atoms with Crippen molar-refractivity contribution in [3.05, 3.63) is 34.9 Å². The van der Waals surface area contributed by atoms with E-state index in [9.17, 15) is 14.4 Å². The molecule has 0 spiro atoms. The summed E-state index contributed by atoms with van der Waals surface area (Å²) in [6.07, 6.45) is 3.16. The maximum atomic E-state index is 12.8. The SMILES string of the molecule is O=C1CCC(N2Cc3ccc(CNCC4CCCNC4)cc3C2=O)C(=O)N1. The molecule has 2 atom stereocenters. The number of carbonyl (C=O) groups excluding carboxylic acids is 3. The van der Waals surface area contributed by atoms with E-state index < -0.39 is 6.04 Å². The second-order valence-electron chi connectivity index (χ2n) is 7.73. The van der Waals surface area contributed by atoms with Gasteiger partial charge in [-0.2, -0.15) is 0 Å². The van der Waals surface area contributed by atoms with Gasteiger partial charge in [0.25, 0.3) is 5.91 Å². The summed E-state index contributed by atoms with van der Waals surface area (Å²) in [7, 11) is 0. The van der Waals surface area contributed by atoms with Gasteiger partial charge < -0.3 is 15.5 Å². The van der Waals surface area contributed by atoms with Crippen LogP contribution in [-0.4, -0.2) is 48.3 Å². The number of piperidine rings is 2. The first-order chi connectivity index (χ1) is 13.1. The number of hydrogen-bond acceptors (Lipinski definition) is 5. The third-order valence-electron chi connectivity index (χ3n) is 5.75. The molecule has 0 radical (unpaired) electrons. The maximum Gasteiger partial charge on any atom is 0.255 e. The molecular formula is C20H26N4O3. The zero-order chi connectivity index (χ0) is 18.8. The predicted molar refractivity (Wildman–Crippen MR) is 99.8 cm³/mol. The summed E-state index contributed by atoms with van der Waals surface area (Å²) >= 11 is 0. The van der Waals surface area contributed by atoms with Crippen molar-refractivity contribution in [3.63, 3.8) is 0 Å². The van der Waals surface area contributed by atoms with Gasteiger partial charge in [-0.05, 0) is 62.0 Å². The van der Waals surface area contributed by atoms with Gasteiger partial charge in [0, 0.05) is 25.1 Å². The highest BCUT2D eigenvalue weighted by molar-refractivity contribution is 6.05. The summed E-state index contributed by atoms with van der Waals surface area (Å²) in [6, 6.07) is 5.42. The molecule has 7 nitrogen and oxygen atoms in total.